The molecular weight excluding hydrogens is 292 g/mol. The summed E-state index contributed by atoms with van der Waals surface area (Å²) in [4.78, 5) is 16.0. The molecule has 2 aromatic rings. The van der Waals surface area contributed by atoms with Crippen LogP contribution in [0.5, 0.6) is 0 Å². The Bertz CT molecular complexity index is 685. The number of piperazine rings is 1. The Morgan fingerprint density at radius 1 is 1.26 bits per heavy atom. The van der Waals surface area contributed by atoms with Gasteiger partial charge in [0.1, 0.15) is 6.26 Å². The van der Waals surface area contributed by atoms with E-state index < -0.39 is 0 Å². The van der Waals surface area contributed by atoms with E-state index in [4.69, 9.17) is 4.52 Å². The summed E-state index contributed by atoms with van der Waals surface area (Å²) in [6, 6.07) is 10.7. The molecule has 1 atom stereocenters. The first-order chi connectivity index (χ1) is 11.3. The van der Waals surface area contributed by atoms with Gasteiger partial charge in [0.2, 0.25) is 0 Å². The van der Waals surface area contributed by atoms with Gasteiger partial charge in [-0.15, -0.1) is 0 Å². The number of carbonyl (C=O) groups is 1. The summed E-state index contributed by atoms with van der Waals surface area (Å²) in [7, 11) is 0. The Balaban J connectivity index is 1.42. The average molecular weight is 312 g/mol. The van der Waals surface area contributed by atoms with Crippen molar-refractivity contribution in [2.45, 2.75) is 19.0 Å². The third kappa shape index (κ3) is 2.94. The molecule has 2 fully saturated rings. The lowest BCUT2D eigenvalue weighted by Crippen LogP contribution is -2.51. The standard InChI is InChI=1S/C17H20N4O2/c22-17-18-9-15-11-20(6-7-21(15)17)10-14-12-23-19-16(14)8-13-4-2-1-3-5-13/h1-5,12,15H,6-11H2,(H,18,22). The van der Waals surface area contributed by atoms with Crippen molar-refractivity contribution in [1.29, 1.82) is 0 Å². The Hall–Kier alpha value is -2.34. The number of urea groups is 1. The minimum atomic E-state index is 0.0735. The van der Waals surface area contributed by atoms with E-state index in [0.717, 1.165) is 50.4 Å². The maximum Gasteiger partial charge on any atom is 0.317 e. The summed E-state index contributed by atoms with van der Waals surface area (Å²) in [5.74, 6) is 0. The molecule has 2 saturated heterocycles. The second kappa shape index (κ2) is 6.04. The van der Waals surface area contributed by atoms with Crippen molar-refractivity contribution in [2.75, 3.05) is 26.2 Å². The molecule has 2 aliphatic heterocycles. The molecule has 6 heteroatoms. The number of hydrogen-bond donors (Lipinski definition) is 1. The Kier molecular flexibility index (Phi) is 3.75. The summed E-state index contributed by atoms with van der Waals surface area (Å²) in [6.45, 7) is 4.14. The van der Waals surface area contributed by atoms with Crippen LogP contribution in [0, 0.1) is 0 Å². The van der Waals surface area contributed by atoms with Crippen LogP contribution in [0.3, 0.4) is 0 Å². The molecule has 6 nitrogen and oxygen atoms in total. The molecule has 0 saturated carbocycles. The number of rotatable bonds is 4. The van der Waals surface area contributed by atoms with Gasteiger partial charge < -0.3 is 14.7 Å². The first kappa shape index (κ1) is 14.3. The van der Waals surface area contributed by atoms with Crippen LogP contribution >= 0.6 is 0 Å². The Morgan fingerprint density at radius 2 is 2.13 bits per heavy atom. The minimum absolute atomic E-state index is 0.0735. The van der Waals surface area contributed by atoms with Crippen LogP contribution in [0.2, 0.25) is 0 Å². The quantitative estimate of drug-likeness (QED) is 0.929. The number of benzene rings is 1. The van der Waals surface area contributed by atoms with Gasteiger partial charge in [0, 0.05) is 44.7 Å². The van der Waals surface area contributed by atoms with Crippen LogP contribution < -0.4 is 5.32 Å². The summed E-state index contributed by atoms with van der Waals surface area (Å²) in [5.41, 5.74) is 3.37. The maximum absolute atomic E-state index is 11.7. The molecule has 1 unspecified atom stereocenters. The van der Waals surface area contributed by atoms with Gasteiger partial charge in [-0.1, -0.05) is 35.5 Å². The molecule has 0 bridgehead atoms. The second-order valence-corrected chi connectivity index (χ2v) is 6.22. The van der Waals surface area contributed by atoms with Crippen LogP contribution in [0.25, 0.3) is 0 Å². The largest absolute Gasteiger partial charge is 0.364 e. The molecule has 120 valence electrons. The van der Waals surface area contributed by atoms with Gasteiger partial charge in [-0.05, 0) is 5.56 Å². The zero-order valence-electron chi connectivity index (χ0n) is 12.9. The highest BCUT2D eigenvalue weighted by Gasteiger charge is 2.35. The maximum atomic E-state index is 11.7. The summed E-state index contributed by atoms with van der Waals surface area (Å²) >= 11 is 0. The third-order valence-electron chi connectivity index (χ3n) is 4.65. The lowest BCUT2D eigenvalue weighted by Gasteiger charge is -2.36. The van der Waals surface area contributed by atoms with Crippen molar-refractivity contribution < 1.29 is 9.32 Å². The highest BCUT2D eigenvalue weighted by molar-refractivity contribution is 5.77. The van der Waals surface area contributed by atoms with E-state index in [1.807, 2.05) is 23.1 Å². The van der Waals surface area contributed by atoms with E-state index in [0.29, 0.717) is 0 Å². The highest BCUT2D eigenvalue weighted by atomic mass is 16.5. The molecule has 2 aliphatic rings. The van der Waals surface area contributed by atoms with E-state index in [-0.39, 0.29) is 12.1 Å². The molecule has 4 rings (SSSR count). The average Bonchev–Trinajstić information content (AvgIpc) is 3.16. The second-order valence-electron chi connectivity index (χ2n) is 6.22. The zero-order chi connectivity index (χ0) is 15.6. The minimum Gasteiger partial charge on any atom is -0.364 e. The first-order valence-corrected chi connectivity index (χ1v) is 8.02. The van der Waals surface area contributed by atoms with Gasteiger partial charge in [0.05, 0.1) is 11.7 Å². The van der Waals surface area contributed by atoms with E-state index >= 15 is 0 Å². The van der Waals surface area contributed by atoms with Crippen molar-refractivity contribution in [3.8, 4) is 0 Å². The SMILES string of the molecule is O=C1NCC2CN(Cc3conc3Cc3ccccc3)CCN12. The molecular formula is C17H20N4O2. The number of amides is 2. The third-order valence-corrected chi connectivity index (χ3v) is 4.65. The lowest BCUT2D eigenvalue weighted by atomic mass is 10.1. The van der Waals surface area contributed by atoms with Gasteiger partial charge >= 0.3 is 6.03 Å². The van der Waals surface area contributed by atoms with E-state index in [1.54, 1.807) is 6.26 Å². The first-order valence-electron chi connectivity index (χ1n) is 8.02. The fourth-order valence-electron chi connectivity index (χ4n) is 3.40. The number of nitrogens with one attached hydrogen (secondary N) is 1. The number of nitrogens with zero attached hydrogens (tertiary/aromatic N) is 3. The molecule has 3 heterocycles. The molecule has 1 N–H and O–H groups in total. The highest BCUT2D eigenvalue weighted by Crippen LogP contribution is 2.19. The number of aromatic nitrogens is 1. The topological polar surface area (TPSA) is 61.6 Å². The van der Waals surface area contributed by atoms with Gasteiger partial charge in [0.15, 0.2) is 0 Å². The van der Waals surface area contributed by atoms with E-state index in [2.05, 4.69) is 27.5 Å². The molecule has 23 heavy (non-hydrogen) atoms. The Morgan fingerprint density at radius 3 is 3.00 bits per heavy atom. The predicted molar refractivity (Wildman–Crippen MR) is 84.9 cm³/mol. The van der Waals surface area contributed by atoms with Crippen molar-refractivity contribution in [3.63, 3.8) is 0 Å². The van der Waals surface area contributed by atoms with Gasteiger partial charge in [-0.25, -0.2) is 4.79 Å². The monoisotopic (exact) mass is 312 g/mol. The van der Waals surface area contributed by atoms with Crippen molar-refractivity contribution in [2.24, 2.45) is 0 Å². The van der Waals surface area contributed by atoms with Crippen molar-refractivity contribution in [1.82, 2.24) is 20.3 Å². The molecule has 0 spiro atoms. The van der Waals surface area contributed by atoms with Gasteiger partial charge in [-0.3, -0.25) is 4.90 Å². The fourth-order valence-corrected chi connectivity index (χ4v) is 3.40. The number of fused-ring (bicyclic) bond motifs is 1. The molecule has 2 amide bonds. The van der Waals surface area contributed by atoms with Gasteiger partial charge in [0.25, 0.3) is 0 Å². The summed E-state index contributed by atoms with van der Waals surface area (Å²) in [5, 5.41) is 7.09. The van der Waals surface area contributed by atoms with Crippen LogP contribution in [0.4, 0.5) is 4.79 Å². The van der Waals surface area contributed by atoms with Crippen LogP contribution in [-0.2, 0) is 13.0 Å². The molecule has 0 radical (unpaired) electrons. The van der Waals surface area contributed by atoms with Crippen LogP contribution in [0.15, 0.2) is 41.1 Å². The summed E-state index contributed by atoms with van der Waals surface area (Å²) < 4.78 is 5.21. The van der Waals surface area contributed by atoms with Crippen molar-refractivity contribution >= 4 is 6.03 Å². The number of hydrogen-bond acceptors (Lipinski definition) is 4. The summed E-state index contributed by atoms with van der Waals surface area (Å²) in [6.07, 6.45) is 2.54. The zero-order valence-corrected chi connectivity index (χ0v) is 12.9. The molecule has 1 aromatic heterocycles. The van der Waals surface area contributed by atoms with Crippen molar-refractivity contribution in [3.05, 3.63) is 53.4 Å². The fraction of sp³-hybridized carbons (Fsp3) is 0.412. The van der Waals surface area contributed by atoms with E-state index in [9.17, 15) is 4.79 Å². The van der Waals surface area contributed by atoms with E-state index in [1.165, 1.54) is 5.56 Å². The molecule has 1 aromatic carbocycles. The number of carbonyl (C=O) groups excluding carboxylic acids is 1. The Labute approximate surface area is 135 Å². The van der Waals surface area contributed by atoms with Crippen LogP contribution in [-0.4, -0.2) is 53.2 Å². The van der Waals surface area contributed by atoms with Crippen LogP contribution in [0.1, 0.15) is 16.8 Å². The van der Waals surface area contributed by atoms with Gasteiger partial charge in [-0.2, -0.15) is 0 Å². The predicted octanol–water partition coefficient (Wildman–Crippen LogP) is 1.47. The smallest absolute Gasteiger partial charge is 0.317 e. The molecule has 0 aliphatic carbocycles. The normalized spacial score (nSPS) is 21.3. The lowest BCUT2D eigenvalue weighted by molar-refractivity contribution is 0.116.